The van der Waals surface area contributed by atoms with Gasteiger partial charge in [0.1, 0.15) is 0 Å². The Morgan fingerprint density at radius 1 is 1.48 bits per heavy atom. The second-order valence-corrected chi connectivity index (χ2v) is 6.09. The molecule has 0 spiro atoms. The van der Waals surface area contributed by atoms with Crippen LogP contribution in [0.4, 0.5) is 0 Å². The predicted octanol–water partition coefficient (Wildman–Crippen LogP) is 1.26. The van der Waals surface area contributed by atoms with E-state index in [0.717, 1.165) is 38.0 Å². The van der Waals surface area contributed by atoms with Crippen molar-refractivity contribution in [2.75, 3.05) is 20.2 Å². The molecule has 0 bridgehead atoms. The first-order chi connectivity index (χ1) is 9.94. The number of nitrogens with one attached hydrogen (secondary N) is 1. The first-order valence-corrected chi connectivity index (χ1v) is 7.37. The van der Waals surface area contributed by atoms with Crippen molar-refractivity contribution in [2.45, 2.75) is 51.2 Å². The summed E-state index contributed by atoms with van der Waals surface area (Å²) in [6.45, 7) is 6.43. The van der Waals surface area contributed by atoms with E-state index in [-0.39, 0.29) is 17.2 Å². The van der Waals surface area contributed by atoms with Crippen molar-refractivity contribution in [3.63, 3.8) is 0 Å². The third kappa shape index (κ3) is 3.79. The Morgan fingerprint density at radius 2 is 2.14 bits per heavy atom. The number of piperidine rings is 1. The minimum absolute atomic E-state index is 0.0946. The van der Waals surface area contributed by atoms with Crippen LogP contribution in [0.15, 0.2) is 0 Å². The fraction of sp³-hybridized carbons (Fsp3) is 0.786. The Morgan fingerprint density at radius 3 is 2.71 bits per heavy atom. The summed E-state index contributed by atoms with van der Waals surface area (Å²) in [6.07, 6.45) is 2.59. The van der Waals surface area contributed by atoms with Gasteiger partial charge in [-0.3, -0.25) is 0 Å². The Labute approximate surface area is 124 Å². The first-order valence-electron chi connectivity index (χ1n) is 7.37. The fourth-order valence-electron chi connectivity index (χ4n) is 2.61. The summed E-state index contributed by atoms with van der Waals surface area (Å²) in [5.74, 6) is -0.793. The molecule has 2 heterocycles. The van der Waals surface area contributed by atoms with Gasteiger partial charge in [-0.05, 0) is 46.2 Å². The molecule has 1 fully saturated rings. The topological polar surface area (TPSA) is 89.3 Å². The Balaban J connectivity index is 2.22. The number of aryl methyl sites for hydroxylation is 1. The monoisotopic (exact) mass is 296 g/mol. The molecular formula is C14H24N4O3. The van der Waals surface area contributed by atoms with Crippen LogP contribution in [0, 0.1) is 0 Å². The van der Waals surface area contributed by atoms with E-state index in [1.807, 2.05) is 13.8 Å². The molecule has 2 N–H and O–H groups in total. The summed E-state index contributed by atoms with van der Waals surface area (Å²) in [7, 11) is 1.68. The minimum Gasteiger partial charge on any atom is -0.476 e. The average molecular weight is 296 g/mol. The number of carboxylic acids is 1. The van der Waals surface area contributed by atoms with Gasteiger partial charge >= 0.3 is 5.97 Å². The van der Waals surface area contributed by atoms with E-state index in [1.165, 1.54) is 0 Å². The zero-order valence-corrected chi connectivity index (χ0v) is 12.9. The summed E-state index contributed by atoms with van der Waals surface area (Å²) >= 11 is 0. The quantitative estimate of drug-likeness (QED) is 0.821. The lowest BCUT2D eigenvalue weighted by Crippen LogP contribution is -2.30. The number of hydrogen-bond donors (Lipinski definition) is 2. The van der Waals surface area contributed by atoms with Gasteiger partial charge in [-0.25, -0.2) is 9.48 Å². The number of hydrogen-bond acceptors (Lipinski definition) is 5. The van der Waals surface area contributed by atoms with Crippen LogP contribution in [0.3, 0.4) is 0 Å². The van der Waals surface area contributed by atoms with E-state index >= 15 is 0 Å². The van der Waals surface area contributed by atoms with Crippen molar-refractivity contribution in [3.8, 4) is 0 Å². The van der Waals surface area contributed by atoms with Gasteiger partial charge in [-0.1, -0.05) is 5.21 Å². The van der Waals surface area contributed by atoms with Crippen LogP contribution in [0.2, 0.25) is 0 Å². The van der Waals surface area contributed by atoms with E-state index in [0.29, 0.717) is 6.54 Å². The SMILES string of the molecule is COC(C)(C)CCn1nnc(C(=O)O)c1C1CCNCC1. The number of aromatic carboxylic acids is 1. The molecule has 1 aliphatic rings. The van der Waals surface area contributed by atoms with Gasteiger partial charge in [0.05, 0.1) is 11.3 Å². The predicted molar refractivity (Wildman–Crippen MR) is 77.5 cm³/mol. The largest absolute Gasteiger partial charge is 0.476 e. The highest BCUT2D eigenvalue weighted by Gasteiger charge is 2.28. The Hall–Kier alpha value is -1.47. The number of carboxylic acid groups (broad SMARTS) is 1. The maximum atomic E-state index is 11.4. The lowest BCUT2D eigenvalue weighted by molar-refractivity contribution is 0.0109. The van der Waals surface area contributed by atoms with E-state index < -0.39 is 5.97 Å². The number of ether oxygens (including phenoxy) is 1. The molecule has 7 heteroatoms. The van der Waals surface area contributed by atoms with Gasteiger partial charge in [0, 0.05) is 19.6 Å². The number of nitrogens with zero attached hydrogens (tertiary/aromatic N) is 3. The zero-order valence-electron chi connectivity index (χ0n) is 12.9. The van der Waals surface area contributed by atoms with Crippen LogP contribution in [-0.4, -0.2) is 51.9 Å². The smallest absolute Gasteiger partial charge is 0.358 e. The molecule has 21 heavy (non-hydrogen) atoms. The molecule has 0 unspecified atom stereocenters. The molecule has 1 aromatic rings. The normalized spacial score (nSPS) is 17.1. The average Bonchev–Trinajstić information content (AvgIpc) is 2.90. The van der Waals surface area contributed by atoms with Gasteiger partial charge in [-0.2, -0.15) is 0 Å². The molecule has 0 saturated carbocycles. The zero-order chi connectivity index (χ0) is 15.5. The van der Waals surface area contributed by atoms with Gasteiger partial charge < -0.3 is 15.2 Å². The summed E-state index contributed by atoms with van der Waals surface area (Å²) in [4.78, 5) is 11.4. The first kappa shape index (κ1) is 15.9. The Bertz CT molecular complexity index is 492. The molecule has 0 radical (unpaired) electrons. The van der Waals surface area contributed by atoms with Gasteiger partial charge in [-0.15, -0.1) is 5.10 Å². The second-order valence-electron chi connectivity index (χ2n) is 6.09. The molecular weight excluding hydrogens is 272 g/mol. The molecule has 7 nitrogen and oxygen atoms in total. The second kappa shape index (κ2) is 6.53. The number of carbonyl (C=O) groups is 1. The molecule has 0 aromatic carbocycles. The molecule has 1 aliphatic heterocycles. The molecule has 1 saturated heterocycles. The molecule has 0 aliphatic carbocycles. The van der Waals surface area contributed by atoms with Crippen molar-refractivity contribution in [1.29, 1.82) is 0 Å². The van der Waals surface area contributed by atoms with E-state index in [1.54, 1.807) is 11.8 Å². The number of aromatic nitrogens is 3. The van der Waals surface area contributed by atoms with E-state index in [2.05, 4.69) is 15.6 Å². The molecule has 1 aromatic heterocycles. The van der Waals surface area contributed by atoms with Crippen LogP contribution in [0.1, 0.15) is 55.2 Å². The summed E-state index contributed by atoms with van der Waals surface area (Å²) in [5, 5.41) is 20.5. The van der Waals surface area contributed by atoms with E-state index in [9.17, 15) is 9.90 Å². The third-order valence-electron chi connectivity index (χ3n) is 4.18. The summed E-state index contributed by atoms with van der Waals surface area (Å²) in [5.41, 5.74) is 0.591. The van der Waals surface area contributed by atoms with E-state index in [4.69, 9.17) is 4.74 Å². The van der Waals surface area contributed by atoms with Crippen LogP contribution < -0.4 is 5.32 Å². The summed E-state index contributed by atoms with van der Waals surface area (Å²) < 4.78 is 7.16. The summed E-state index contributed by atoms with van der Waals surface area (Å²) in [6, 6.07) is 0. The number of methoxy groups -OCH3 is 1. The molecule has 118 valence electrons. The lowest BCUT2D eigenvalue weighted by atomic mass is 9.93. The van der Waals surface area contributed by atoms with Crippen LogP contribution in [0.5, 0.6) is 0 Å². The van der Waals surface area contributed by atoms with Crippen LogP contribution in [0.25, 0.3) is 0 Å². The highest BCUT2D eigenvalue weighted by molar-refractivity contribution is 5.86. The van der Waals surface area contributed by atoms with Crippen molar-refractivity contribution in [1.82, 2.24) is 20.3 Å². The lowest BCUT2D eigenvalue weighted by Gasteiger charge is -2.26. The fourth-order valence-corrected chi connectivity index (χ4v) is 2.61. The molecule has 0 atom stereocenters. The highest BCUT2D eigenvalue weighted by atomic mass is 16.5. The maximum absolute atomic E-state index is 11.4. The molecule has 2 rings (SSSR count). The standard InChI is InChI=1S/C14H24N4O3/c1-14(2,21-3)6-9-18-12(10-4-7-15-8-5-10)11(13(19)20)16-17-18/h10,15H,4-9H2,1-3H3,(H,19,20). The van der Waals surface area contributed by atoms with Gasteiger partial charge in [0.15, 0.2) is 5.69 Å². The highest BCUT2D eigenvalue weighted by Crippen LogP contribution is 2.28. The van der Waals surface area contributed by atoms with Crippen molar-refractivity contribution < 1.29 is 14.6 Å². The Kier molecular flexibility index (Phi) is 4.95. The van der Waals surface area contributed by atoms with Gasteiger partial charge in [0.25, 0.3) is 0 Å². The van der Waals surface area contributed by atoms with Crippen LogP contribution >= 0.6 is 0 Å². The van der Waals surface area contributed by atoms with Gasteiger partial charge in [0.2, 0.25) is 0 Å². The number of rotatable bonds is 6. The van der Waals surface area contributed by atoms with Crippen LogP contribution in [-0.2, 0) is 11.3 Å². The van der Waals surface area contributed by atoms with Crippen molar-refractivity contribution in [2.24, 2.45) is 0 Å². The third-order valence-corrected chi connectivity index (χ3v) is 4.18. The van der Waals surface area contributed by atoms with Crippen molar-refractivity contribution >= 4 is 5.97 Å². The maximum Gasteiger partial charge on any atom is 0.358 e. The molecule has 0 amide bonds. The van der Waals surface area contributed by atoms with Crippen molar-refractivity contribution in [3.05, 3.63) is 11.4 Å². The minimum atomic E-state index is -0.999.